The van der Waals surface area contributed by atoms with Crippen LogP contribution in [0.15, 0.2) is 53.3 Å². The maximum Gasteiger partial charge on any atom is 0.106 e. The van der Waals surface area contributed by atoms with Crippen molar-refractivity contribution in [2.75, 3.05) is 0 Å². The first-order valence-corrected chi connectivity index (χ1v) is 5.41. The number of hydrogen-bond donors (Lipinski definition) is 1. The molecule has 2 nitrogen and oxygen atoms in total. The van der Waals surface area contributed by atoms with Gasteiger partial charge >= 0.3 is 0 Å². The van der Waals surface area contributed by atoms with E-state index in [1.165, 1.54) is 0 Å². The summed E-state index contributed by atoms with van der Waals surface area (Å²) in [5, 5.41) is 10.0. The molecule has 0 bridgehead atoms. The van der Waals surface area contributed by atoms with Gasteiger partial charge in [0.1, 0.15) is 10.7 Å². The lowest BCUT2D eigenvalue weighted by atomic mass is 10.0. The number of benzene rings is 1. The van der Waals surface area contributed by atoms with Crippen molar-refractivity contribution in [1.29, 1.82) is 0 Å². The van der Waals surface area contributed by atoms with Crippen LogP contribution >= 0.6 is 15.9 Å². The maximum atomic E-state index is 10.0. The van der Waals surface area contributed by atoms with Gasteiger partial charge in [0.15, 0.2) is 0 Å². The standard InChI is InChI=1S/C12H10BrNO/c13-11-7-6-10(8-14-11)12(15)9-4-2-1-3-5-9/h1-8,12,15H/t12-/m1/s1. The second kappa shape index (κ2) is 4.55. The van der Waals surface area contributed by atoms with Crippen molar-refractivity contribution in [2.24, 2.45) is 0 Å². The van der Waals surface area contributed by atoms with Gasteiger partial charge in [0.2, 0.25) is 0 Å². The molecule has 0 spiro atoms. The fourth-order valence-electron chi connectivity index (χ4n) is 1.38. The van der Waals surface area contributed by atoms with Crippen LogP contribution in [0.2, 0.25) is 0 Å². The highest BCUT2D eigenvalue weighted by molar-refractivity contribution is 9.10. The van der Waals surface area contributed by atoms with Gasteiger partial charge in [-0.2, -0.15) is 0 Å². The fourth-order valence-corrected chi connectivity index (χ4v) is 1.61. The quantitative estimate of drug-likeness (QED) is 0.846. The van der Waals surface area contributed by atoms with Crippen LogP contribution in [-0.4, -0.2) is 10.1 Å². The first kappa shape index (κ1) is 10.3. The summed E-state index contributed by atoms with van der Waals surface area (Å²) < 4.78 is 0.770. The predicted octanol–water partition coefficient (Wildman–Crippen LogP) is 2.93. The number of halogens is 1. The Kier molecular flexibility index (Phi) is 3.14. The zero-order chi connectivity index (χ0) is 10.7. The molecule has 0 fully saturated rings. The third-order valence-electron chi connectivity index (χ3n) is 2.18. The van der Waals surface area contributed by atoms with Gasteiger partial charge in [-0.1, -0.05) is 36.4 Å². The number of pyridine rings is 1. The second-order valence-electron chi connectivity index (χ2n) is 3.23. The minimum absolute atomic E-state index is 0.605. The molecule has 1 atom stereocenters. The third kappa shape index (κ3) is 2.43. The van der Waals surface area contributed by atoms with E-state index in [0.29, 0.717) is 0 Å². The van der Waals surface area contributed by atoms with E-state index in [-0.39, 0.29) is 0 Å². The minimum Gasteiger partial charge on any atom is -0.384 e. The van der Waals surface area contributed by atoms with E-state index in [0.717, 1.165) is 15.7 Å². The zero-order valence-corrected chi connectivity index (χ0v) is 9.55. The Morgan fingerprint density at radius 1 is 1.00 bits per heavy atom. The molecule has 0 saturated carbocycles. The van der Waals surface area contributed by atoms with E-state index in [1.54, 1.807) is 6.20 Å². The molecule has 1 N–H and O–H groups in total. The molecule has 0 aliphatic carbocycles. The normalized spacial score (nSPS) is 12.4. The van der Waals surface area contributed by atoms with Crippen molar-refractivity contribution in [3.8, 4) is 0 Å². The van der Waals surface area contributed by atoms with E-state index in [4.69, 9.17) is 0 Å². The molecule has 2 rings (SSSR count). The molecule has 0 aliphatic rings. The van der Waals surface area contributed by atoms with Crippen molar-refractivity contribution in [3.63, 3.8) is 0 Å². The van der Waals surface area contributed by atoms with Crippen molar-refractivity contribution in [2.45, 2.75) is 6.10 Å². The summed E-state index contributed by atoms with van der Waals surface area (Å²) in [6.07, 6.45) is 1.06. The Labute approximate surface area is 96.7 Å². The van der Waals surface area contributed by atoms with Gasteiger partial charge in [-0.05, 0) is 27.6 Å². The van der Waals surface area contributed by atoms with Gasteiger partial charge in [-0.3, -0.25) is 0 Å². The Balaban J connectivity index is 2.29. The van der Waals surface area contributed by atoms with Gasteiger partial charge in [-0.15, -0.1) is 0 Å². The lowest BCUT2D eigenvalue weighted by Crippen LogP contribution is -1.99. The molecule has 0 unspecified atom stereocenters. The predicted molar refractivity (Wildman–Crippen MR) is 62.4 cm³/mol. The molecule has 2 aromatic rings. The summed E-state index contributed by atoms with van der Waals surface area (Å²) in [6.45, 7) is 0. The molecule has 1 heterocycles. The molecule has 1 aromatic carbocycles. The van der Waals surface area contributed by atoms with Crippen LogP contribution < -0.4 is 0 Å². The molecule has 15 heavy (non-hydrogen) atoms. The SMILES string of the molecule is O[C@H](c1ccccc1)c1ccc(Br)nc1. The highest BCUT2D eigenvalue weighted by Crippen LogP contribution is 2.21. The topological polar surface area (TPSA) is 33.1 Å². The summed E-state index contributed by atoms with van der Waals surface area (Å²) in [6, 6.07) is 13.2. The van der Waals surface area contributed by atoms with Gasteiger partial charge in [0.05, 0.1) is 0 Å². The van der Waals surface area contributed by atoms with Crippen LogP contribution in [0.1, 0.15) is 17.2 Å². The van der Waals surface area contributed by atoms with Crippen LogP contribution in [0.4, 0.5) is 0 Å². The van der Waals surface area contributed by atoms with Crippen molar-refractivity contribution < 1.29 is 5.11 Å². The first-order valence-electron chi connectivity index (χ1n) is 4.62. The summed E-state index contributed by atoms with van der Waals surface area (Å²) >= 11 is 3.26. The lowest BCUT2D eigenvalue weighted by Gasteiger charge is -2.10. The number of aromatic nitrogens is 1. The van der Waals surface area contributed by atoms with Gasteiger partial charge in [0.25, 0.3) is 0 Å². The monoisotopic (exact) mass is 263 g/mol. The lowest BCUT2D eigenvalue weighted by molar-refractivity contribution is 0.220. The van der Waals surface area contributed by atoms with Crippen LogP contribution in [0.25, 0.3) is 0 Å². The fraction of sp³-hybridized carbons (Fsp3) is 0.0833. The molecular weight excluding hydrogens is 254 g/mol. The van der Waals surface area contributed by atoms with E-state index >= 15 is 0 Å². The van der Waals surface area contributed by atoms with Crippen molar-refractivity contribution in [3.05, 3.63) is 64.4 Å². The average Bonchev–Trinajstić information content (AvgIpc) is 2.30. The molecule has 0 saturated heterocycles. The molecule has 1 aromatic heterocycles. The smallest absolute Gasteiger partial charge is 0.106 e. The van der Waals surface area contributed by atoms with Crippen LogP contribution in [0.5, 0.6) is 0 Å². The van der Waals surface area contributed by atoms with E-state index in [2.05, 4.69) is 20.9 Å². The first-order chi connectivity index (χ1) is 7.27. The van der Waals surface area contributed by atoms with E-state index in [9.17, 15) is 5.11 Å². The van der Waals surface area contributed by atoms with Gasteiger partial charge in [0, 0.05) is 11.8 Å². The molecular formula is C12H10BrNO. The second-order valence-corrected chi connectivity index (χ2v) is 4.04. The minimum atomic E-state index is -0.605. The van der Waals surface area contributed by atoms with Crippen LogP contribution in [0.3, 0.4) is 0 Å². The van der Waals surface area contributed by atoms with E-state index < -0.39 is 6.10 Å². The zero-order valence-electron chi connectivity index (χ0n) is 7.97. The number of aliphatic hydroxyl groups excluding tert-OH is 1. The van der Waals surface area contributed by atoms with Gasteiger partial charge < -0.3 is 5.11 Å². The number of hydrogen-bond acceptors (Lipinski definition) is 2. The summed E-state index contributed by atoms with van der Waals surface area (Å²) in [4.78, 5) is 4.08. The average molecular weight is 264 g/mol. The highest BCUT2D eigenvalue weighted by atomic mass is 79.9. The molecule has 3 heteroatoms. The summed E-state index contributed by atoms with van der Waals surface area (Å²) in [5.74, 6) is 0. The number of aliphatic hydroxyl groups is 1. The Bertz CT molecular complexity index is 427. The maximum absolute atomic E-state index is 10.0. The Hall–Kier alpha value is -1.19. The molecule has 0 aliphatic heterocycles. The van der Waals surface area contributed by atoms with Crippen molar-refractivity contribution >= 4 is 15.9 Å². The molecule has 0 radical (unpaired) electrons. The molecule has 0 amide bonds. The Morgan fingerprint density at radius 2 is 1.73 bits per heavy atom. The van der Waals surface area contributed by atoms with Crippen LogP contribution in [-0.2, 0) is 0 Å². The third-order valence-corrected chi connectivity index (χ3v) is 2.65. The van der Waals surface area contributed by atoms with Crippen LogP contribution in [0, 0.1) is 0 Å². The Morgan fingerprint density at radius 3 is 2.33 bits per heavy atom. The number of rotatable bonds is 2. The highest BCUT2D eigenvalue weighted by Gasteiger charge is 2.09. The van der Waals surface area contributed by atoms with E-state index in [1.807, 2.05) is 42.5 Å². The summed E-state index contributed by atoms with van der Waals surface area (Å²) in [5.41, 5.74) is 1.67. The summed E-state index contributed by atoms with van der Waals surface area (Å²) in [7, 11) is 0. The number of nitrogens with zero attached hydrogens (tertiary/aromatic N) is 1. The van der Waals surface area contributed by atoms with Crippen molar-refractivity contribution in [1.82, 2.24) is 4.98 Å². The van der Waals surface area contributed by atoms with Gasteiger partial charge in [-0.25, -0.2) is 4.98 Å². The molecule has 76 valence electrons. The largest absolute Gasteiger partial charge is 0.384 e.